The van der Waals surface area contributed by atoms with Crippen LogP contribution < -0.4 is 10.2 Å². The van der Waals surface area contributed by atoms with Crippen molar-refractivity contribution >= 4 is 29.2 Å². The van der Waals surface area contributed by atoms with E-state index in [0.717, 1.165) is 0 Å². The summed E-state index contributed by atoms with van der Waals surface area (Å²) in [6, 6.07) is 8.84. The van der Waals surface area contributed by atoms with Crippen LogP contribution in [0.4, 0.5) is 25.8 Å². The number of anilines is 2. The highest BCUT2D eigenvalue weighted by Gasteiger charge is 2.29. The van der Waals surface area contributed by atoms with Crippen LogP contribution in [-0.2, 0) is 4.79 Å². The van der Waals surface area contributed by atoms with Gasteiger partial charge in [-0.2, -0.15) is 0 Å². The van der Waals surface area contributed by atoms with E-state index in [0.29, 0.717) is 35.7 Å². The van der Waals surface area contributed by atoms with Crippen molar-refractivity contribution in [1.82, 2.24) is 0 Å². The molecule has 0 aromatic heterocycles. The number of benzene rings is 2. The van der Waals surface area contributed by atoms with Gasteiger partial charge in [-0.25, -0.2) is 8.78 Å². The average molecular weight is 339 g/mol. The van der Waals surface area contributed by atoms with E-state index in [2.05, 4.69) is 10.3 Å². The fourth-order valence-corrected chi connectivity index (χ4v) is 3.07. The number of halogens is 2. The molecule has 2 aliphatic heterocycles. The van der Waals surface area contributed by atoms with Crippen molar-refractivity contribution in [1.29, 1.82) is 0 Å². The Morgan fingerprint density at radius 2 is 1.92 bits per heavy atom. The number of rotatable bonds is 3. The molecule has 126 valence electrons. The molecule has 6 heteroatoms. The first-order valence-corrected chi connectivity index (χ1v) is 7.96. The third-order valence-corrected chi connectivity index (χ3v) is 4.35. The molecule has 0 radical (unpaired) electrons. The van der Waals surface area contributed by atoms with Gasteiger partial charge in [-0.05, 0) is 35.9 Å². The van der Waals surface area contributed by atoms with Crippen molar-refractivity contribution in [3.63, 3.8) is 0 Å². The highest BCUT2D eigenvalue weighted by Crippen LogP contribution is 2.32. The van der Waals surface area contributed by atoms with Crippen LogP contribution in [0.25, 0.3) is 0 Å². The molecular weight excluding hydrogens is 324 g/mol. The summed E-state index contributed by atoms with van der Waals surface area (Å²) in [6.45, 7) is 1.37. The Balaban J connectivity index is 1.57. The van der Waals surface area contributed by atoms with Crippen molar-refractivity contribution < 1.29 is 13.6 Å². The Bertz CT molecular complexity index is 900. The summed E-state index contributed by atoms with van der Waals surface area (Å²) < 4.78 is 27.7. The maximum atomic E-state index is 14.3. The van der Waals surface area contributed by atoms with Crippen LogP contribution in [0.15, 0.2) is 53.5 Å². The third-order valence-electron chi connectivity index (χ3n) is 4.35. The molecule has 2 aromatic carbocycles. The average Bonchev–Trinajstić information content (AvgIpc) is 3.21. The summed E-state index contributed by atoms with van der Waals surface area (Å²) in [7, 11) is 0. The maximum Gasteiger partial charge on any atom is 0.237 e. The summed E-state index contributed by atoms with van der Waals surface area (Å²) in [5.41, 5.74) is 2.04. The first-order chi connectivity index (χ1) is 12.1. The highest BCUT2D eigenvalue weighted by atomic mass is 19.1. The van der Waals surface area contributed by atoms with Crippen molar-refractivity contribution in [2.24, 2.45) is 4.99 Å². The van der Waals surface area contributed by atoms with E-state index in [1.807, 2.05) is 17.1 Å². The van der Waals surface area contributed by atoms with E-state index in [9.17, 15) is 13.6 Å². The SMILES string of the molecule is O=C1Nc2ccc(F)cc2C1C=Nc1ccc(N2CC=CC2)c(F)c1. The van der Waals surface area contributed by atoms with Crippen LogP contribution in [-0.4, -0.2) is 25.2 Å². The molecule has 0 bridgehead atoms. The predicted molar refractivity (Wildman–Crippen MR) is 93.7 cm³/mol. The number of carbonyl (C=O) groups excluding carboxylic acids is 1. The Hall–Kier alpha value is -3.02. The fraction of sp³-hybridized carbons (Fsp3) is 0.158. The van der Waals surface area contributed by atoms with Crippen LogP contribution >= 0.6 is 0 Å². The Kier molecular flexibility index (Phi) is 3.80. The normalized spacial score (nSPS) is 18.9. The predicted octanol–water partition coefficient (Wildman–Crippen LogP) is 3.78. The van der Waals surface area contributed by atoms with E-state index in [4.69, 9.17) is 0 Å². The van der Waals surface area contributed by atoms with Crippen LogP contribution in [0.3, 0.4) is 0 Å². The van der Waals surface area contributed by atoms with Crippen LogP contribution in [0.1, 0.15) is 11.5 Å². The summed E-state index contributed by atoms with van der Waals surface area (Å²) in [4.78, 5) is 18.2. The quantitative estimate of drug-likeness (QED) is 0.683. The minimum atomic E-state index is -0.684. The van der Waals surface area contributed by atoms with E-state index in [1.54, 1.807) is 12.1 Å². The van der Waals surface area contributed by atoms with Gasteiger partial charge in [0.05, 0.1) is 11.4 Å². The molecule has 2 aromatic rings. The second-order valence-corrected chi connectivity index (χ2v) is 5.99. The van der Waals surface area contributed by atoms with Gasteiger partial charge in [0.15, 0.2) is 0 Å². The van der Waals surface area contributed by atoms with Gasteiger partial charge < -0.3 is 10.2 Å². The standard InChI is InChI=1S/C19H15F2N3O/c20-12-3-5-17-14(9-12)15(19(25)23-17)11-22-13-4-6-18(16(21)10-13)24-7-1-2-8-24/h1-6,9-11,15H,7-8H2,(H,23,25). The largest absolute Gasteiger partial charge is 0.362 e. The lowest BCUT2D eigenvalue weighted by Gasteiger charge is -2.18. The fourth-order valence-electron chi connectivity index (χ4n) is 3.07. The molecule has 0 saturated heterocycles. The number of nitrogens with one attached hydrogen (secondary N) is 1. The van der Waals surface area contributed by atoms with E-state index in [-0.39, 0.29) is 11.7 Å². The van der Waals surface area contributed by atoms with E-state index < -0.39 is 11.7 Å². The number of carbonyl (C=O) groups is 1. The van der Waals surface area contributed by atoms with Crippen LogP contribution in [0, 0.1) is 11.6 Å². The van der Waals surface area contributed by atoms with Gasteiger partial charge in [-0.15, -0.1) is 0 Å². The van der Waals surface area contributed by atoms with Crippen molar-refractivity contribution in [3.8, 4) is 0 Å². The number of amides is 1. The van der Waals surface area contributed by atoms with Gasteiger partial charge in [0.25, 0.3) is 0 Å². The monoisotopic (exact) mass is 339 g/mol. The molecule has 1 N–H and O–H groups in total. The molecule has 1 unspecified atom stereocenters. The van der Waals surface area contributed by atoms with Gasteiger partial charge in [-0.1, -0.05) is 12.2 Å². The second-order valence-electron chi connectivity index (χ2n) is 5.99. The summed E-state index contributed by atoms with van der Waals surface area (Å²) >= 11 is 0. The summed E-state index contributed by atoms with van der Waals surface area (Å²) in [5, 5.41) is 2.68. The highest BCUT2D eigenvalue weighted by molar-refractivity contribution is 6.12. The summed E-state index contributed by atoms with van der Waals surface area (Å²) in [5.74, 6) is -1.73. The lowest BCUT2D eigenvalue weighted by atomic mass is 10.0. The van der Waals surface area contributed by atoms with Gasteiger partial charge in [0.1, 0.15) is 17.6 Å². The third kappa shape index (κ3) is 2.91. The number of hydrogen-bond donors (Lipinski definition) is 1. The van der Waals surface area contributed by atoms with Gasteiger partial charge >= 0.3 is 0 Å². The molecule has 0 aliphatic carbocycles. The second kappa shape index (κ2) is 6.12. The van der Waals surface area contributed by atoms with Crippen molar-refractivity contribution in [2.45, 2.75) is 5.92 Å². The van der Waals surface area contributed by atoms with E-state index in [1.165, 1.54) is 30.5 Å². The van der Waals surface area contributed by atoms with Gasteiger partial charge in [0, 0.05) is 31.1 Å². The van der Waals surface area contributed by atoms with Gasteiger partial charge in [-0.3, -0.25) is 9.79 Å². The first kappa shape index (κ1) is 15.5. The maximum absolute atomic E-state index is 14.3. The Labute approximate surface area is 143 Å². The topological polar surface area (TPSA) is 44.7 Å². The molecule has 0 spiro atoms. The molecule has 2 heterocycles. The van der Waals surface area contributed by atoms with Gasteiger partial charge in [0.2, 0.25) is 5.91 Å². The lowest BCUT2D eigenvalue weighted by Crippen LogP contribution is -2.19. The molecule has 2 aliphatic rings. The Morgan fingerprint density at radius 3 is 2.68 bits per heavy atom. The molecule has 0 fully saturated rings. The zero-order valence-electron chi connectivity index (χ0n) is 13.2. The molecule has 1 atom stereocenters. The number of hydrogen-bond acceptors (Lipinski definition) is 3. The molecule has 25 heavy (non-hydrogen) atoms. The smallest absolute Gasteiger partial charge is 0.237 e. The summed E-state index contributed by atoms with van der Waals surface area (Å²) in [6.07, 6.45) is 5.40. The molecule has 0 saturated carbocycles. The molecule has 1 amide bonds. The molecule has 4 nitrogen and oxygen atoms in total. The lowest BCUT2D eigenvalue weighted by molar-refractivity contribution is -0.115. The zero-order valence-corrected chi connectivity index (χ0v) is 13.2. The minimum Gasteiger partial charge on any atom is -0.362 e. The number of aliphatic imine (C=N–C) groups is 1. The number of fused-ring (bicyclic) bond motifs is 1. The molecular formula is C19H15F2N3O. The molecule has 4 rings (SSSR count). The zero-order chi connectivity index (χ0) is 17.4. The Morgan fingerprint density at radius 1 is 1.12 bits per heavy atom. The minimum absolute atomic E-state index is 0.274. The van der Waals surface area contributed by atoms with E-state index >= 15 is 0 Å². The first-order valence-electron chi connectivity index (χ1n) is 7.96. The van der Waals surface area contributed by atoms with Crippen molar-refractivity contribution in [2.75, 3.05) is 23.3 Å². The van der Waals surface area contributed by atoms with Crippen LogP contribution in [0.5, 0.6) is 0 Å². The van der Waals surface area contributed by atoms with Crippen molar-refractivity contribution in [3.05, 3.63) is 65.7 Å². The number of nitrogens with zero attached hydrogens (tertiary/aromatic N) is 2. The van der Waals surface area contributed by atoms with Crippen LogP contribution in [0.2, 0.25) is 0 Å².